The van der Waals surface area contributed by atoms with E-state index in [0.717, 1.165) is 18.9 Å². The third kappa shape index (κ3) is 2.26. The van der Waals surface area contributed by atoms with Crippen LogP contribution in [0.2, 0.25) is 5.02 Å². The summed E-state index contributed by atoms with van der Waals surface area (Å²) in [5.41, 5.74) is 0.607. The topological polar surface area (TPSA) is 56.9 Å². The van der Waals surface area contributed by atoms with Gasteiger partial charge in [0, 0.05) is 30.2 Å². The fourth-order valence-corrected chi connectivity index (χ4v) is 3.07. The lowest BCUT2D eigenvalue weighted by Crippen LogP contribution is -2.18. The van der Waals surface area contributed by atoms with Gasteiger partial charge in [0.05, 0.1) is 5.02 Å². The molecule has 5 nitrogen and oxygen atoms in total. The zero-order valence-electron chi connectivity index (χ0n) is 12.8. The second kappa shape index (κ2) is 5.27. The number of hydrogen-bond acceptors (Lipinski definition) is 3. The molecule has 4 rings (SSSR count). The number of aromatic nitrogens is 3. The highest BCUT2D eigenvalue weighted by molar-refractivity contribution is 6.31. The van der Waals surface area contributed by atoms with Crippen LogP contribution in [0.1, 0.15) is 34.9 Å². The van der Waals surface area contributed by atoms with Gasteiger partial charge < -0.3 is 4.57 Å². The van der Waals surface area contributed by atoms with Gasteiger partial charge in [-0.05, 0) is 37.1 Å². The van der Waals surface area contributed by atoms with Crippen molar-refractivity contribution in [1.29, 1.82) is 0 Å². The molecule has 7 heteroatoms. The standard InChI is InChI=1S/C17H13ClFN3O2/c1-21-15(16(23)9-2-5-13(19)12(18)8-9)11-6-7-22(10-3-4-10)17(24)14(11)20-21/h2,5-8,10H,3-4H2,1H3. The first-order valence-electron chi connectivity index (χ1n) is 7.55. The molecule has 122 valence electrons. The van der Waals surface area contributed by atoms with Crippen LogP contribution in [-0.2, 0) is 7.05 Å². The van der Waals surface area contributed by atoms with E-state index in [-0.39, 0.29) is 39.2 Å². The highest BCUT2D eigenvalue weighted by atomic mass is 35.5. The maximum absolute atomic E-state index is 13.3. The average molecular weight is 346 g/mol. The smallest absolute Gasteiger partial charge is 0.279 e. The van der Waals surface area contributed by atoms with Crippen LogP contribution >= 0.6 is 11.6 Å². The Balaban J connectivity index is 1.88. The molecule has 1 aliphatic rings. The molecule has 2 heterocycles. The van der Waals surface area contributed by atoms with Crippen LogP contribution in [-0.4, -0.2) is 20.1 Å². The van der Waals surface area contributed by atoms with E-state index in [1.807, 2.05) is 0 Å². The first-order valence-corrected chi connectivity index (χ1v) is 7.93. The minimum Gasteiger partial charge on any atom is -0.311 e. The average Bonchev–Trinajstić information content (AvgIpc) is 3.32. The van der Waals surface area contributed by atoms with E-state index < -0.39 is 5.82 Å². The number of fused-ring (bicyclic) bond motifs is 1. The molecule has 0 atom stereocenters. The molecule has 0 radical (unpaired) electrons. The summed E-state index contributed by atoms with van der Waals surface area (Å²) >= 11 is 5.76. The van der Waals surface area contributed by atoms with E-state index in [1.165, 1.54) is 16.8 Å². The Kier molecular flexibility index (Phi) is 3.31. The van der Waals surface area contributed by atoms with Crippen LogP contribution in [0.5, 0.6) is 0 Å². The molecular formula is C17H13ClFN3O2. The Morgan fingerprint density at radius 3 is 2.75 bits per heavy atom. The molecule has 0 unspecified atom stereocenters. The quantitative estimate of drug-likeness (QED) is 0.685. The third-order valence-electron chi connectivity index (χ3n) is 4.26. The molecule has 0 bridgehead atoms. The predicted octanol–water partition coefficient (Wildman–Crippen LogP) is 3.09. The zero-order chi connectivity index (χ0) is 17.0. The summed E-state index contributed by atoms with van der Waals surface area (Å²) in [5.74, 6) is -0.944. The van der Waals surface area contributed by atoms with Crippen molar-refractivity contribution in [3.63, 3.8) is 0 Å². The van der Waals surface area contributed by atoms with E-state index in [9.17, 15) is 14.0 Å². The van der Waals surface area contributed by atoms with Gasteiger partial charge in [-0.25, -0.2) is 4.39 Å². The number of carbonyl (C=O) groups is 1. The first kappa shape index (κ1) is 15.1. The number of ketones is 1. The van der Waals surface area contributed by atoms with Crippen molar-refractivity contribution < 1.29 is 9.18 Å². The number of aryl methyl sites for hydroxylation is 1. The van der Waals surface area contributed by atoms with Gasteiger partial charge in [0.25, 0.3) is 5.56 Å². The van der Waals surface area contributed by atoms with Crippen molar-refractivity contribution in [1.82, 2.24) is 14.3 Å². The molecule has 0 spiro atoms. The van der Waals surface area contributed by atoms with Crippen LogP contribution in [0.15, 0.2) is 35.3 Å². The molecule has 0 aliphatic heterocycles. The van der Waals surface area contributed by atoms with Gasteiger partial charge in [0.1, 0.15) is 11.5 Å². The lowest BCUT2D eigenvalue weighted by Gasteiger charge is -2.04. The minimum absolute atomic E-state index is 0.122. The first-order chi connectivity index (χ1) is 11.5. The third-order valence-corrected chi connectivity index (χ3v) is 4.55. The molecule has 1 aromatic carbocycles. The molecule has 0 amide bonds. The Labute approximate surface area is 141 Å². The number of benzene rings is 1. The fraction of sp³-hybridized carbons (Fsp3) is 0.235. The van der Waals surface area contributed by atoms with Gasteiger partial charge in [0.15, 0.2) is 5.52 Å². The van der Waals surface area contributed by atoms with E-state index in [0.29, 0.717) is 5.39 Å². The van der Waals surface area contributed by atoms with E-state index in [1.54, 1.807) is 23.9 Å². The Morgan fingerprint density at radius 1 is 1.33 bits per heavy atom. The number of pyridine rings is 1. The van der Waals surface area contributed by atoms with Crippen LogP contribution in [0, 0.1) is 5.82 Å². The maximum atomic E-state index is 13.3. The number of hydrogen-bond donors (Lipinski definition) is 0. The Morgan fingerprint density at radius 2 is 2.08 bits per heavy atom. The van der Waals surface area contributed by atoms with E-state index in [4.69, 9.17) is 11.6 Å². The maximum Gasteiger partial charge on any atom is 0.279 e. The van der Waals surface area contributed by atoms with Crippen LogP contribution in [0.4, 0.5) is 4.39 Å². The molecule has 3 aromatic rings. The number of rotatable bonds is 3. The van der Waals surface area contributed by atoms with Gasteiger partial charge >= 0.3 is 0 Å². The molecule has 24 heavy (non-hydrogen) atoms. The molecule has 1 saturated carbocycles. The zero-order valence-corrected chi connectivity index (χ0v) is 13.5. The highest BCUT2D eigenvalue weighted by Gasteiger charge is 2.27. The largest absolute Gasteiger partial charge is 0.311 e. The van der Waals surface area contributed by atoms with Crippen molar-refractivity contribution >= 4 is 28.3 Å². The van der Waals surface area contributed by atoms with Crippen molar-refractivity contribution in [2.45, 2.75) is 18.9 Å². The molecule has 0 N–H and O–H groups in total. The summed E-state index contributed by atoms with van der Waals surface area (Å²) in [6, 6.07) is 5.77. The molecule has 1 fully saturated rings. The van der Waals surface area contributed by atoms with Gasteiger partial charge in [0.2, 0.25) is 5.78 Å². The number of nitrogens with zero attached hydrogens (tertiary/aromatic N) is 3. The SMILES string of the molecule is Cn1nc2c(=O)n(C3CC3)ccc2c1C(=O)c1ccc(F)c(Cl)c1. The predicted molar refractivity (Wildman–Crippen MR) is 88.1 cm³/mol. The van der Waals surface area contributed by atoms with Crippen molar-refractivity contribution in [3.8, 4) is 0 Å². The van der Waals surface area contributed by atoms with E-state index >= 15 is 0 Å². The minimum atomic E-state index is -0.588. The normalized spacial score (nSPS) is 14.3. The Bertz CT molecular complexity index is 1050. The van der Waals surface area contributed by atoms with Crippen LogP contribution in [0.3, 0.4) is 0 Å². The highest BCUT2D eigenvalue weighted by Crippen LogP contribution is 2.34. The fourth-order valence-electron chi connectivity index (χ4n) is 2.88. The lowest BCUT2D eigenvalue weighted by atomic mass is 10.1. The van der Waals surface area contributed by atoms with Gasteiger partial charge in [-0.2, -0.15) is 5.10 Å². The number of carbonyl (C=O) groups excluding carboxylic acids is 1. The summed E-state index contributed by atoms with van der Waals surface area (Å²) in [7, 11) is 1.61. The monoisotopic (exact) mass is 345 g/mol. The summed E-state index contributed by atoms with van der Waals surface area (Å²) in [4.78, 5) is 25.3. The Hall–Kier alpha value is -2.47. The lowest BCUT2D eigenvalue weighted by molar-refractivity contribution is 0.103. The summed E-state index contributed by atoms with van der Waals surface area (Å²) in [6.45, 7) is 0. The van der Waals surface area contributed by atoms with Gasteiger partial charge in [-0.15, -0.1) is 0 Å². The molecular weight excluding hydrogens is 333 g/mol. The van der Waals surface area contributed by atoms with Crippen LogP contribution < -0.4 is 5.56 Å². The summed E-state index contributed by atoms with van der Waals surface area (Å²) in [6.07, 6.45) is 3.68. The number of halogens is 2. The second-order valence-electron chi connectivity index (χ2n) is 5.95. The summed E-state index contributed by atoms with van der Waals surface area (Å²) < 4.78 is 16.4. The molecule has 1 aliphatic carbocycles. The van der Waals surface area contributed by atoms with Crippen molar-refractivity contribution in [3.05, 3.63) is 62.9 Å². The van der Waals surface area contributed by atoms with Gasteiger partial charge in [-0.3, -0.25) is 14.3 Å². The molecule has 0 saturated heterocycles. The van der Waals surface area contributed by atoms with E-state index in [2.05, 4.69) is 5.10 Å². The van der Waals surface area contributed by atoms with Crippen molar-refractivity contribution in [2.75, 3.05) is 0 Å². The van der Waals surface area contributed by atoms with Crippen LogP contribution in [0.25, 0.3) is 10.9 Å². The van der Waals surface area contributed by atoms with Crippen molar-refractivity contribution in [2.24, 2.45) is 7.05 Å². The van der Waals surface area contributed by atoms with Gasteiger partial charge in [-0.1, -0.05) is 11.6 Å². The summed E-state index contributed by atoms with van der Waals surface area (Å²) in [5, 5.41) is 4.59. The second-order valence-corrected chi connectivity index (χ2v) is 6.36. The molecule has 2 aromatic heterocycles.